The van der Waals surface area contributed by atoms with Gasteiger partial charge < -0.3 is 0 Å². The molecule has 1 heterocycles. The number of aryl methyl sites for hydroxylation is 1. The highest BCUT2D eigenvalue weighted by atomic mass is 32.2. The Balaban J connectivity index is 2.43. The number of aromatic nitrogens is 1. The summed E-state index contributed by atoms with van der Waals surface area (Å²) >= 11 is 0. The van der Waals surface area contributed by atoms with Gasteiger partial charge in [-0.3, -0.25) is 9.71 Å². The SMILES string of the molecule is Cc1ccc(C#N)cc1S(=O)(=O)Nc1cccnc1. The number of nitrogens with one attached hydrogen (secondary N) is 1. The number of anilines is 1. The van der Waals surface area contributed by atoms with Gasteiger partial charge in [0.25, 0.3) is 10.0 Å². The fourth-order valence-electron chi connectivity index (χ4n) is 1.59. The molecule has 2 rings (SSSR count). The second-order valence-electron chi connectivity index (χ2n) is 3.94. The molecule has 1 aromatic carbocycles. The van der Waals surface area contributed by atoms with Crippen LogP contribution in [0.15, 0.2) is 47.6 Å². The average molecular weight is 273 g/mol. The summed E-state index contributed by atoms with van der Waals surface area (Å²) in [6.45, 7) is 1.68. The standard InChI is InChI=1S/C13H11N3O2S/c1-10-4-5-11(8-14)7-13(10)19(17,18)16-12-3-2-6-15-9-12/h2-7,9,16H,1H3. The van der Waals surface area contributed by atoms with E-state index in [-0.39, 0.29) is 4.90 Å². The highest BCUT2D eigenvalue weighted by Crippen LogP contribution is 2.20. The van der Waals surface area contributed by atoms with Crippen LogP contribution in [-0.2, 0) is 10.0 Å². The molecule has 0 aliphatic heterocycles. The molecule has 5 nitrogen and oxygen atoms in total. The third kappa shape index (κ3) is 2.89. The van der Waals surface area contributed by atoms with Gasteiger partial charge in [-0.2, -0.15) is 5.26 Å². The van der Waals surface area contributed by atoms with Gasteiger partial charge in [-0.25, -0.2) is 8.42 Å². The Labute approximate surface area is 111 Å². The number of benzene rings is 1. The van der Waals surface area contributed by atoms with E-state index in [0.29, 0.717) is 16.8 Å². The lowest BCUT2D eigenvalue weighted by Crippen LogP contribution is -2.14. The van der Waals surface area contributed by atoms with E-state index in [1.807, 2.05) is 6.07 Å². The number of hydrogen-bond acceptors (Lipinski definition) is 4. The number of sulfonamides is 1. The number of nitrogens with zero attached hydrogens (tertiary/aromatic N) is 2. The Morgan fingerprint density at radius 2 is 2.11 bits per heavy atom. The zero-order chi connectivity index (χ0) is 13.9. The monoisotopic (exact) mass is 273 g/mol. The number of nitriles is 1. The normalized spacial score (nSPS) is 10.7. The van der Waals surface area contributed by atoms with Crippen LogP contribution in [0.5, 0.6) is 0 Å². The minimum absolute atomic E-state index is 0.0930. The topological polar surface area (TPSA) is 82.8 Å². The average Bonchev–Trinajstić information content (AvgIpc) is 2.39. The molecular weight excluding hydrogens is 262 g/mol. The van der Waals surface area contributed by atoms with Crippen LogP contribution in [-0.4, -0.2) is 13.4 Å². The highest BCUT2D eigenvalue weighted by molar-refractivity contribution is 7.92. The van der Waals surface area contributed by atoms with Gasteiger partial charge in [-0.1, -0.05) is 6.07 Å². The zero-order valence-electron chi connectivity index (χ0n) is 10.2. The van der Waals surface area contributed by atoms with E-state index >= 15 is 0 Å². The predicted octanol–water partition coefficient (Wildman–Crippen LogP) is 2.06. The molecule has 0 bridgehead atoms. The summed E-state index contributed by atoms with van der Waals surface area (Å²) < 4.78 is 26.9. The smallest absolute Gasteiger partial charge is 0.262 e. The lowest BCUT2D eigenvalue weighted by atomic mass is 10.2. The van der Waals surface area contributed by atoms with Gasteiger partial charge in [-0.15, -0.1) is 0 Å². The highest BCUT2D eigenvalue weighted by Gasteiger charge is 2.17. The molecule has 1 aromatic heterocycles. The van der Waals surface area contributed by atoms with E-state index < -0.39 is 10.0 Å². The van der Waals surface area contributed by atoms with Gasteiger partial charge >= 0.3 is 0 Å². The third-order valence-electron chi connectivity index (χ3n) is 2.52. The summed E-state index contributed by atoms with van der Waals surface area (Å²) in [6.07, 6.45) is 2.97. The van der Waals surface area contributed by atoms with Crippen molar-refractivity contribution in [1.29, 1.82) is 5.26 Å². The molecule has 6 heteroatoms. The molecule has 0 unspecified atom stereocenters. The molecule has 0 aliphatic carbocycles. The van der Waals surface area contributed by atoms with Crippen LogP contribution in [0.1, 0.15) is 11.1 Å². The van der Waals surface area contributed by atoms with Crippen molar-refractivity contribution in [3.63, 3.8) is 0 Å². The minimum atomic E-state index is -3.72. The lowest BCUT2D eigenvalue weighted by molar-refractivity contribution is 0.600. The van der Waals surface area contributed by atoms with Crippen LogP contribution in [0, 0.1) is 18.3 Å². The molecule has 1 N–H and O–H groups in total. The molecule has 0 fully saturated rings. The molecule has 0 spiro atoms. The maximum atomic E-state index is 12.2. The Bertz CT molecular complexity index is 734. The van der Waals surface area contributed by atoms with Crippen molar-refractivity contribution in [1.82, 2.24) is 4.98 Å². The molecule has 19 heavy (non-hydrogen) atoms. The summed E-state index contributed by atoms with van der Waals surface area (Å²) in [4.78, 5) is 3.93. The summed E-state index contributed by atoms with van der Waals surface area (Å²) in [5, 5.41) is 8.83. The quantitative estimate of drug-likeness (QED) is 0.927. The van der Waals surface area contributed by atoms with Gasteiger partial charge in [0, 0.05) is 6.20 Å². The van der Waals surface area contributed by atoms with Crippen molar-refractivity contribution >= 4 is 15.7 Å². The number of hydrogen-bond donors (Lipinski definition) is 1. The largest absolute Gasteiger partial charge is 0.278 e. The zero-order valence-corrected chi connectivity index (χ0v) is 11.0. The van der Waals surface area contributed by atoms with Crippen molar-refractivity contribution in [2.45, 2.75) is 11.8 Å². The van der Waals surface area contributed by atoms with E-state index in [1.165, 1.54) is 12.3 Å². The van der Waals surface area contributed by atoms with Crippen molar-refractivity contribution < 1.29 is 8.42 Å². The van der Waals surface area contributed by atoms with Gasteiger partial charge in [0.05, 0.1) is 28.4 Å². The van der Waals surface area contributed by atoms with Gasteiger partial charge in [0.15, 0.2) is 0 Å². The molecule has 0 atom stereocenters. The number of rotatable bonds is 3. The molecule has 2 aromatic rings. The summed E-state index contributed by atoms with van der Waals surface area (Å²) in [6, 6.07) is 9.71. The first-order valence-electron chi connectivity index (χ1n) is 5.46. The second kappa shape index (κ2) is 5.08. The molecule has 0 saturated heterocycles. The minimum Gasteiger partial charge on any atom is -0.278 e. The van der Waals surface area contributed by atoms with Crippen molar-refractivity contribution in [3.05, 3.63) is 53.9 Å². The first kappa shape index (κ1) is 13.1. The summed E-state index contributed by atoms with van der Waals surface area (Å²) in [5.41, 5.74) is 1.26. The molecule has 0 radical (unpaired) electrons. The van der Waals surface area contributed by atoms with Crippen molar-refractivity contribution in [3.8, 4) is 6.07 Å². The maximum Gasteiger partial charge on any atom is 0.262 e. The van der Waals surface area contributed by atoms with Crippen LogP contribution in [0.3, 0.4) is 0 Å². The Kier molecular flexibility index (Phi) is 3.49. The molecule has 0 saturated carbocycles. The van der Waals surface area contributed by atoms with Crippen LogP contribution in [0.25, 0.3) is 0 Å². The van der Waals surface area contributed by atoms with Crippen molar-refractivity contribution in [2.75, 3.05) is 4.72 Å². The lowest BCUT2D eigenvalue weighted by Gasteiger charge is -2.10. The molecule has 0 aliphatic rings. The van der Waals surface area contributed by atoms with E-state index in [1.54, 1.807) is 37.4 Å². The van der Waals surface area contributed by atoms with Crippen LogP contribution in [0.4, 0.5) is 5.69 Å². The Hall–Kier alpha value is -2.39. The Morgan fingerprint density at radius 1 is 1.32 bits per heavy atom. The first-order chi connectivity index (χ1) is 9.03. The van der Waals surface area contributed by atoms with Crippen molar-refractivity contribution in [2.24, 2.45) is 0 Å². The maximum absolute atomic E-state index is 12.2. The first-order valence-corrected chi connectivity index (χ1v) is 6.95. The molecular formula is C13H11N3O2S. The number of pyridine rings is 1. The van der Waals surface area contributed by atoms with E-state index in [0.717, 1.165) is 0 Å². The predicted molar refractivity (Wildman–Crippen MR) is 70.9 cm³/mol. The second-order valence-corrected chi connectivity index (χ2v) is 5.59. The van der Waals surface area contributed by atoms with Crippen LogP contribution in [0.2, 0.25) is 0 Å². The fourth-order valence-corrected chi connectivity index (χ4v) is 2.91. The Morgan fingerprint density at radius 3 is 2.74 bits per heavy atom. The van der Waals surface area contributed by atoms with Gasteiger partial charge in [0.1, 0.15) is 0 Å². The van der Waals surface area contributed by atoms with Gasteiger partial charge in [-0.05, 0) is 36.8 Å². The van der Waals surface area contributed by atoms with Crippen LogP contribution < -0.4 is 4.72 Å². The third-order valence-corrected chi connectivity index (χ3v) is 4.04. The van der Waals surface area contributed by atoms with E-state index in [2.05, 4.69) is 9.71 Å². The summed E-state index contributed by atoms with van der Waals surface area (Å²) in [7, 11) is -3.72. The molecule has 96 valence electrons. The fraction of sp³-hybridized carbons (Fsp3) is 0.0769. The van der Waals surface area contributed by atoms with Crippen LogP contribution >= 0.6 is 0 Å². The summed E-state index contributed by atoms with van der Waals surface area (Å²) in [5.74, 6) is 0. The van der Waals surface area contributed by atoms with E-state index in [9.17, 15) is 8.42 Å². The van der Waals surface area contributed by atoms with E-state index in [4.69, 9.17) is 5.26 Å². The van der Waals surface area contributed by atoms with Gasteiger partial charge in [0.2, 0.25) is 0 Å². The molecule has 0 amide bonds.